The molecular weight excluding hydrogens is 448 g/mol. The number of carbonyl (C=O) groups excluding carboxylic acids is 1. The van der Waals surface area contributed by atoms with Gasteiger partial charge in [-0.3, -0.25) is 14.8 Å². The molecule has 166 valence electrons. The fourth-order valence-electron chi connectivity index (χ4n) is 2.68. The predicted molar refractivity (Wildman–Crippen MR) is 104 cm³/mol. The van der Waals surface area contributed by atoms with Gasteiger partial charge in [0.25, 0.3) is 0 Å². The average Bonchev–Trinajstić information content (AvgIpc) is 2.68. The van der Waals surface area contributed by atoms with Crippen molar-refractivity contribution in [2.45, 2.75) is 19.1 Å². The lowest BCUT2D eigenvalue weighted by Gasteiger charge is -2.36. The van der Waals surface area contributed by atoms with Crippen molar-refractivity contribution in [2.24, 2.45) is 4.99 Å². The molecule has 0 N–H and O–H groups in total. The molecule has 0 unspecified atom stereocenters. The molecule has 2 aromatic carbocycles. The number of anilines is 1. The number of para-hydroxylation sites is 1. The van der Waals surface area contributed by atoms with E-state index in [-0.39, 0.29) is 17.6 Å². The zero-order valence-electron chi connectivity index (χ0n) is 15.7. The number of hydrogen-bond donors (Lipinski definition) is 0. The molecule has 0 atom stereocenters. The quantitative estimate of drug-likeness (QED) is 0.540. The van der Waals surface area contributed by atoms with Crippen LogP contribution in [0.1, 0.15) is 5.56 Å². The third-order valence-electron chi connectivity index (χ3n) is 3.97. The first-order chi connectivity index (χ1) is 14.5. The van der Waals surface area contributed by atoms with Crippen LogP contribution in [0, 0.1) is 0 Å². The number of urea groups is 1. The van der Waals surface area contributed by atoms with Crippen LogP contribution in [0.5, 0.6) is 5.75 Å². The van der Waals surface area contributed by atoms with E-state index in [4.69, 9.17) is 0 Å². The molecule has 1 aliphatic heterocycles. The highest BCUT2D eigenvalue weighted by molar-refractivity contribution is 8.14. The van der Waals surface area contributed by atoms with Crippen LogP contribution in [0.25, 0.3) is 0 Å². The summed E-state index contributed by atoms with van der Waals surface area (Å²) in [5.74, 6) is -0.364. The number of amides is 2. The van der Waals surface area contributed by atoms with Crippen LogP contribution in [0.3, 0.4) is 0 Å². The first-order valence-electron chi connectivity index (χ1n) is 8.74. The summed E-state index contributed by atoms with van der Waals surface area (Å²) < 4.78 is 79.7. The number of halogens is 6. The summed E-state index contributed by atoms with van der Waals surface area (Å²) in [4.78, 5) is 18.6. The molecule has 0 aliphatic carbocycles. The predicted octanol–water partition coefficient (Wildman–Crippen LogP) is 5.64. The standard InChI is InChI=1S/C19H15F6N3O2S/c20-18(21,22)11-27-16(31-12-28(17(27)29)14-4-2-1-3-5-14)26-10-13-6-8-15(9-7-13)30-19(23,24)25/h1-9H,10-12H2. The lowest BCUT2D eigenvalue weighted by molar-refractivity contribution is -0.274. The minimum absolute atomic E-state index is 0.0639. The molecule has 0 saturated carbocycles. The Morgan fingerprint density at radius 1 is 0.968 bits per heavy atom. The molecule has 0 bridgehead atoms. The van der Waals surface area contributed by atoms with Gasteiger partial charge in [0.2, 0.25) is 0 Å². The van der Waals surface area contributed by atoms with E-state index in [1.807, 2.05) is 0 Å². The van der Waals surface area contributed by atoms with Gasteiger partial charge in [-0.05, 0) is 29.8 Å². The molecule has 1 fully saturated rings. The number of rotatable bonds is 5. The fraction of sp³-hybridized carbons (Fsp3) is 0.263. The summed E-state index contributed by atoms with van der Waals surface area (Å²) in [5.41, 5.74) is 0.888. The third kappa shape index (κ3) is 6.54. The van der Waals surface area contributed by atoms with Gasteiger partial charge in [-0.2, -0.15) is 13.2 Å². The number of amidine groups is 1. The molecule has 0 spiro atoms. The Morgan fingerprint density at radius 2 is 1.61 bits per heavy atom. The number of alkyl halides is 6. The van der Waals surface area contributed by atoms with Crippen molar-refractivity contribution in [1.29, 1.82) is 0 Å². The maximum absolute atomic E-state index is 13.1. The molecule has 31 heavy (non-hydrogen) atoms. The topological polar surface area (TPSA) is 45.1 Å². The Hall–Kier alpha value is -2.89. The number of hydrogen-bond acceptors (Lipinski definition) is 4. The second kappa shape index (κ2) is 9.08. The fourth-order valence-corrected chi connectivity index (χ4v) is 3.64. The van der Waals surface area contributed by atoms with Crippen LogP contribution in [0.15, 0.2) is 59.6 Å². The highest BCUT2D eigenvalue weighted by Crippen LogP contribution is 2.29. The zero-order chi connectivity index (χ0) is 22.6. The Kier molecular flexibility index (Phi) is 6.68. The largest absolute Gasteiger partial charge is 0.573 e. The van der Waals surface area contributed by atoms with Crippen LogP contribution < -0.4 is 9.64 Å². The normalized spacial score (nSPS) is 16.7. The first-order valence-corrected chi connectivity index (χ1v) is 9.73. The number of aliphatic imine (C=N–C) groups is 1. The van der Waals surface area contributed by atoms with Gasteiger partial charge in [-0.25, -0.2) is 4.79 Å². The highest BCUT2D eigenvalue weighted by Gasteiger charge is 2.40. The van der Waals surface area contributed by atoms with Crippen molar-refractivity contribution in [3.05, 3.63) is 60.2 Å². The summed E-state index contributed by atoms with van der Waals surface area (Å²) >= 11 is 0.957. The number of thioether (sulfide) groups is 1. The SMILES string of the molecule is O=C1N(CC(F)(F)F)C(=NCc2ccc(OC(F)(F)F)cc2)SCN1c1ccccc1. The Balaban J connectivity index is 1.77. The van der Waals surface area contributed by atoms with Gasteiger partial charge >= 0.3 is 18.6 Å². The molecule has 0 aromatic heterocycles. The van der Waals surface area contributed by atoms with Gasteiger partial charge in [0.1, 0.15) is 12.3 Å². The maximum atomic E-state index is 13.1. The minimum atomic E-state index is -4.83. The summed E-state index contributed by atoms with van der Waals surface area (Å²) in [6.07, 6.45) is -9.48. The average molecular weight is 463 g/mol. The van der Waals surface area contributed by atoms with E-state index >= 15 is 0 Å². The van der Waals surface area contributed by atoms with Crippen molar-refractivity contribution < 1.29 is 35.9 Å². The van der Waals surface area contributed by atoms with Crippen LogP contribution in [-0.4, -0.2) is 41.1 Å². The van der Waals surface area contributed by atoms with Crippen molar-refractivity contribution in [3.8, 4) is 5.75 Å². The van der Waals surface area contributed by atoms with Gasteiger partial charge < -0.3 is 4.74 Å². The van der Waals surface area contributed by atoms with Crippen LogP contribution in [0.2, 0.25) is 0 Å². The van der Waals surface area contributed by atoms with Crippen LogP contribution in [-0.2, 0) is 6.54 Å². The maximum Gasteiger partial charge on any atom is 0.573 e. The third-order valence-corrected chi connectivity index (χ3v) is 4.97. The lowest BCUT2D eigenvalue weighted by Crippen LogP contribution is -2.53. The highest BCUT2D eigenvalue weighted by atomic mass is 32.2. The van der Waals surface area contributed by atoms with Gasteiger partial charge in [-0.1, -0.05) is 42.1 Å². The summed E-state index contributed by atoms with van der Waals surface area (Å²) in [6.45, 7) is -1.64. The minimum Gasteiger partial charge on any atom is -0.406 e. The van der Waals surface area contributed by atoms with Gasteiger partial charge in [-0.15, -0.1) is 13.2 Å². The Morgan fingerprint density at radius 3 is 2.19 bits per heavy atom. The monoisotopic (exact) mass is 463 g/mol. The second-order valence-corrected chi connectivity index (χ2v) is 7.22. The molecule has 1 heterocycles. The number of nitrogens with zero attached hydrogens (tertiary/aromatic N) is 3. The van der Waals surface area contributed by atoms with E-state index in [2.05, 4.69) is 9.73 Å². The van der Waals surface area contributed by atoms with Gasteiger partial charge in [0.15, 0.2) is 5.17 Å². The van der Waals surface area contributed by atoms with Crippen LogP contribution in [0.4, 0.5) is 36.8 Å². The lowest BCUT2D eigenvalue weighted by atomic mass is 10.2. The van der Waals surface area contributed by atoms with E-state index in [1.165, 1.54) is 17.0 Å². The van der Waals surface area contributed by atoms with E-state index < -0.39 is 30.9 Å². The van der Waals surface area contributed by atoms with Gasteiger partial charge in [0, 0.05) is 5.69 Å². The van der Waals surface area contributed by atoms with Gasteiger partial charge in [0.05, 0.1) is 12.4 Å². The Labute approximate surface area is 177 Å². The molecule has 1 aliphatic rings. The zero-order valence-corrected chi connectivity index (χ0v) is 16.5. The van der Waals surface area contributed by atoms with E-state index in [1.54, 1.807) is 30.3 Å². The van der Waals surface area contributed by atoms with Crippen LogP contribution >= 0.6 is 11.8 Å². The Bertz CT molecular complexity index is 932. The molecule has 3 rings (SSSR count). The molecule has 1 saturated heterocycles. The molecular formula is C19H15F6N3O2S. The van der Waals surface area contributed by atoms with Crippen molar-refractivity contribution in [2.75, 3.05) is 17.3 Å². The first kappa shape index (κ1) is 22.8. The van der Waals surface area contributed by atoms with E-state index in [9.17, 15) is 31.1 Å². The number of carbonyl (C=O) groups is 1. The summed E-state index contributed by atoms with van der Waals surface area (Å²) in [5, 5.41) is -0.120. The van der Waals surface area contributed by atoms with Crippen molar-refractivity contribution in [1.82, 2.24) is 4.90 Å². The molecule has 12 heteroatoms. The van der Waals surface area contributed by atoms with Crippen molar-refractivity contribution in [3.63, 3.8) is 0 Å². The summed E-state index contributed by atoms with van der Waals surface area (Å²) in [7, 11) is 0. The van der Waals surface area contributed by atoms with E-state index in [0.717, 1.165) is 23.9 Å². The molecule has 5 nitrogen and oxygen atoms in total. The number of benzene rings is 2. The molecule has 0 radical (unpaired) electrons. The smallest absolute Gasteiger partial charge is 0.406 e. The summed E-state index contributed by atoms with van der Waals surface area (Å²) in [6, 6.07) is 12.2. The molecule has 2 amide bonds. The number of ether oxygens (including phenoxy) is 1. The second-order valence-electron chi connectivity index (χ2n) is 6.31. The van der Waals surface area contributed by atoms with E-state index in [0.29, 0.717) is 16.2 Å². The van der Waals surface area contributed by atoms with Crippen molar-refractivity contribution >= 4 is 28.6 Å². The molecule has 2 aromatic rings.